The molecule has 4 aliphatic rings. The number of halogens is 2. The monoisotopic (exact) mass is 414 g/mol. The Balaban J connectivity index is 1.42. The fourth-order valence-electron chi connectivity index (χ4n) is 5.29. The molecule has 162 valence electrons. The maximum absolute atomic E-state index is 12.7. The van der Waals surface area contributed by atoms with Gasteiger partial charge < -0.3 is 14.2 Å². The summed E-state index contributed by atoms with van der Waals surface area (Å²) < 4.78 is 40.4. The molecule has 4 saturated carbocycles. The first-order chi connectivity index (χ1) is 13.5. The fraction of sp³-hybridized carbons (Fsp3) is 0.762. The van der Waals surface area contributed by atoms with Crippen molar-refractivity contribution in [3.05, 3.63) is 12.2 Å². The summed E-state index contributed by atoms with van der Waals surface area (Å²) in [6, 6.07) is 0. The topological polar surface area (TPSA) is 78.9 Å². The Kier molecular flexibility index (Phi) is 6.01. The van der Waals surface area contributed by atoms with Gasteiger partial charge in [0.2, 0.25) is 0 Å². The summed E-state index contributed by atoms with van der Waals surface area (Å²) in [5.74, 6) is -3.60. The van der Waals surface area contributed by atoms with Crippen LogP contribution in [0.2, 0.25) is 0 Å². The molecule has 4 bridgehead atoms. The van der Waals surface area contributed by atoms with E-state index in [-0.39, 0.29) is 5.57 Å². The fourth-order valence-corrected chi connectivity index (χ4v) is 5.29. The van der Waals surface area contributed by atoms with E-state index < -0.39 is 49.1 Å². The van der Waals surface area contributed by atoms with Gasteiger partial charge in [0, 0.05) is 12.5 Å². The third-order valence-corrected chi connectivity index (χ3v) is 6.55. The summed E-state index contributed by atoms with van der Waals surface area (Å²) in [6.45, 7) is 4.32. The first kappa shape index (κ1) is 21.7. The summed E-state index contributed by atoms with van der Waals surface area (Å²) in [6.07, 6.45) is 5.00. The molecule has 0 aromatic carbocycles. The molecule has 0 atom stereocenters. The number of rotatable bonds is 8. The highest BCUT2D eigenvalue weighted by Crippen LogP contribution is 2.59. The summed E-state index contributed by atoms with van der Waals surface area (Å²) in [7, 11) is 0. The van der Waals surface area contributed by atoms with Crippen molar-refractivity contribution in [2.45, 2.75) is 63.9 Å². The van der Waals surface area contributed by atoms with Crippen molar-refractivity contribution in [1.29, 1.82) is 0 Å². The van der Waals surface area contributed by atoms with Gasteiger partial charge in [0.1, 0.15) is 5.60 Å². The second kappa shape index (κ2) is 8.03. The Morgan fingerprint density at radius 2 is 1.55 bits per heavy atom. The lowest BCUT2D eigenvalue weighted by molar-refractivity contribution is -0.207. The minimum Gasteiger partial charge on any atom is -0.459 e. The first-order valence-electron chi connectivity index (χ1n) is 10.1. The Labute approximate surface area is 168 Å². The van der Waals surface area contributed by atoms with Crippen LogP contribution in [0.3, 0.4) is 0 Å². The summed E-state index contributed by atoms with van der Waals surface area (Å²) in [4.78, 5) is 35.7. The van der Waals surface area contributed by atoms with Crippen LogP contribution in [0.5, 0.6) is 0 Å². The minimum atomic E-state index is -3.16. The maximum atomic E-state index is 12.7. The molecule has 0 aromatic heterocycles. The van der Waals surface area contributed by atoms with Crippen LogP contribution >= 0.6 is 0 Å². The van der Waals surface area contributed by atoms with Gasteiger partial charge in [0.05, 0.1) is 6.42 Å². The third-order valence-electron chi connectivity index (χ3n) is 6.55. The lowest BCUT2D eigenvalue weighted by Gasteiger charge is -2.59. The predicted molar refractivity (Wildman–Crippen MR) is 97.8 cm³/mol. The average molecular weight is 414 g/mol. The number of carbonyl (C=O) groups is 3. The van der Waals surface area contributed by atoms with Crippen molar-refractivity contribution < 1.29 is 37.4 Å². The van der Waals surface area contributed by atoms with E-state index in [9.17, 15) is 23.2 Å². The predicted octanol–water partition coefficient (Wildman–Crippen LogP) is 3.43. The average Bonchev–Trinajstić information content (AvgIpc) is 2.61. The molecule has 0 spiro atoms. The highest BCUT2D eigenvalue weighted by molar-refractivity contribution is 5.94. The van der Waals surface area contributed by atoms with Gasteiger partial charge in [-0.3, -0.25) is 4.79 Å². The number of esters is 3. The molecule has 0 amide bonds. The smallest absolute Gasteiger partial charge is 0.344 e. The van der Waals surface area contributed by atoms with E-state index in [2.05, 4.69) is 11.3 Å². The van der Waals surface area contributed by atoms with E-state index in [1.54, 1.807) is 0 Å². The highest BCUT2D eigenvalue weighted by atomic mass is 19.3. The van der Waals surface area contributed by atoms with Crippen molar-refractivity contribution >= 4 is 17.9 Å². The van der Waals surface area contributed by atoms with Crippen LogP contribution in [0.25, 0.3) is 0 Å². The molecule has 0 saturated heterocycles. The summed E-state index contributed by atoms with van der Waals surface area (Å²) >= 11 is 0. The van der Waals surface area contributed by atoms with Gasteiger partial charge in [-0.15, -0.1) is 0 Å². The lowest BCUT2D eigenvalue weighted by Crippen LogP contribution is -2.58. The first-order valence-corrected chi connectivity index (χ1v) is 10.1. The summed E-state index contributed by atoms with van der Waals surface area (Å²) in [5.41, 5.74) is -0.800. The number of hydrogen-bond acceptors (Lipinski definition) is 6. The van der Waals surface area contributed by atoms with Crippen LogP contribution in [0.15, 0.2) is 12.2 Å². The summed E-state index contributed by atoms with van der Waals surface area (Å²) in [5, 5.41) is 0. The molecule has 0 radical (unpaired) electrons. The molecule has 4 aliphatic carbocycles. The Bertz CT molecular complexity index is 668. The second-order valence-electron chi connectivity index (χ2n) is 9.05. The van der Waals surface area contributed by atoms with Crippen LogP contribution in [0, 0.1) is 23.7 Å². The van der Waals surface area contributed by atoms with Gasteiger partial charge in [0.15, 0.2) is 13.2 Å². The molecule has 0 unspecified atom stereocenters. The normalized spacial score (nSPS) is 32.6. The molecule has 6 nitrogen and oxygen atoms in total. The van der Waals surface area contributed by atoms with Crippen LogP contribution in [-0.4, -0.2) is 42.6 Å². The van der Waals surface area contributed by atoms with Gasteiger partial charge >= 0.3 is 17.9 Å². The number of hydrogen-bond donors (Lipinski definition) is 0. The molecule has 0 aromatic rings. The van der Waals surface area contributed by atoms with E-state index >= 15 is 0 Å². The van der Waals surface area contributed by atoms with E-state index in [1.807, 2.05) is 6.92 Å². The van der Waals surface area contributed by atoms with Crippen LogP contribution < -0.4 is 0 Å². The molecule has 8 heteroatoms. The zero-order valence-corrected chi connectivity index (χ0v) is 16.9. The third kappa shape index (κ3) is 5.14. The Hall–Kier alpha value is -1.99. The molecule has 0 N–H and O–H groups in total. The molecular formula is C21H28F2O6. The van der Waals surface area contributed by atoms with Gasteiger partial charge in [-0.05, 0) is 62.7 Å². The van der Waals surface area contributed by atoms with E-state index in [0.717, 1.165) is 37.5 Å². The van der Waals surface area contributed by atoms with Crippen molar-refractivity contribution in [2.75, 3.05) is 13.2 Å². The van der Waals surface area contributed by atoms with Crippen molar-refractivity contribution in [3.8, 4) is 0 Å². The standard InChI is InChI=1S/C21H28F2O6/c1-12(4-17(24)28-11-20(2,22)23)19(26)27-10-18(25)29-21(3)15-6-13-5-14(8-15)9-16(21)7-13/h13-16H,1,4-11H2,2-3H3. The minimum absolute atomic E-state index is 0.275. The van der Waals surface area contributed by atoms with E-state index in [1.165, 1.54) is 6.42 Å². The SMILES string of the molecule is C=C(CC(=O)OCC(C)(F)F)C(=O)OCC(=O)OC1(C)C2CC3CC(C2)CC1C3. The molecular weight excluding hydrogens is 386 g/mol. The van der Waals surface area contributed by atoms with E-state index in [0.29, 0.717) is 18.8 Å². The van der Waals surface area contributed by atoms with Gasteiger partial charge in [0.25, 0.3) is 5.92 Å². The number of ether oxygens (including phenoxy) is 3. The Morgan fingerprint density at radius 3 is 2.07 bits per heavy atom. The molecule has 4 rings (SSSR count). The van der Waals surface area contributed by atoms with Crippen LogP contribution in [0.1, 0.15) is 52.4 Å². The van der Waals surface area contributed by atoms with Crippen LogP contribution in [0.4, 0.5) is 8.78 Å². The second-order valence-corrected chi connectivity index (χ2v) is 9.05. The number of carbonyl (C=O) groups excluding carboxylic acids is 3. The largest absolute Gasteiger partial charge is 0.459 e. The zero-order valence-electron chi connectivity index (χ0n) is 16.9. The molecule has 0 heterocycles. The van der Waals surface area contributed by atoms with Crippen molar-refractivity contribution in [1.82, 2.24) is 0 Å². The number of alkyl halides is 2. The lowest BCUT2D eigenvalue weighted by atomic mass is 9.50. The maximum Gasteiger partial charge on any atom is 0.344 e. The van der Waals surface area contributed by atoms with Gasteiger partial charge in [-0.2, -0.15) is 0 Å². The Morgan fingerprint density at radius 1 is 1.00 bits per heavy atom. The van der Waals surface area contributed by atoms with Crippen LogP contribution in [-0.2, 0) is 28.6 Å². The quantitative estimate of drug-likeness (QED) is 0.344. The molecule has 4 fully saturated rings. The van der Waals surface area contributed by atoms with Crippen molar-refractivity contribution in [3.63, 3.8) is 0 Å². The van der Waals surface area contributed by atoms with E-state index in [4.69, 9.17) is 9.47 Å². The molecule has 29 heavy (non-hydrogen) atoms. The highest BCUT2D eigenvalue weighted by Gasteiger charge is 2.57. The van der Waals surface area contributed by atoms with Gasteiger partial charge in [-0.1, -0.05) is 6.58 Å². The zero-order chi connectivity index (χ0) is 21.4. The molecule has 0 aliphatic heterocycles. The van der Waals surface area contributed by atoms with Crippen molar-refractivity contribution in [2.24, 2.45) is 23.7 Å². The van der Waals surface area contributed by atoms with Gasteiger partial charge in [-0.25, -0.2) is 18.4 Å².